The van der Waals surface area contributed by atoms with Gasteiger partial charge in [0.2, 0.25) is 5.13 Å². The molecule has 0 saturated carbocycles. The van der Waals surface area contributed by atoms with Crippen LogP contribution in [0.25, 0.3) is 11.3 Å². The van der Waals surface area contributed by atoms with Crippen LogP contribution in [0.1, 0.15) is 15.9 Å². The highest BCUT2D eigenvalue weighted by atomic mass is 32.1. The van der Waals surface area contributed by atoms with E-state index in [1.807, 2.05) is 53.9 Å². The van der Waals surface area contributed by atoms with E-state index in [0.29, 0.717) is 41.2 Å². The normalized spacial score (nSPS) is 10.7. The predicted octanol–water partition coefficient (Wildman–Crippen LogP) is 5.51. The summed E-state index contributed by atoms with van der Waals surface area (Å²) in [5, 5.41) is 6.97. The molecule has 0 aliphatic carbocycles. The number of rotatable bonds is 11. The molecule has 0 atom stereocenters. The molecule has 1 N–H and O–H groups in total. The highest BCUT2D eigenvalue weighted by Gasteiger charge is 2.08. The number of hydrogen-bond donors (Lipinski definition) is 1. The molecule has 184 valence electrons. The third kappa shape index (κ3) is 6.61. The molecule has 1 heterocycles. The van der Waals surface area contributed by atoms with Gasteiger partial charge in [0.15, 0.2) is 11.5 Å². The van der Waals surface area contributed by atoms with Crippen molar-refractivity contribution in [1.29, 1.82) is 0 Å². The van der Waals surface area contributed by atoms with Gasteiger partial charge in [-0.2, -0.15) is 5.10 Å². The fraction of sp³-hybridized carbons (Fsp3) is 0.148. The van der Waals surface area contributed by atoms with Crippen LogP contribution in [-0.4, -0.2) is 44.6 Å². The van der Waals surface area contributed by atoms with E-state index in [4.69, 9.17) is 18.9 Å². The molecule has 4 rings (SSSR count). The Labute approximate surface area is 213 Å². The van der Waals surface area contributed by atoms with Crippen LogP contribution in [0, 0.1) is 0 Å². The van der Waals surface area contributed by atoms with Crippen molar-refractivity contribution in [3.8, 4) is 28.5 Å². The number of methoxy groups -OCH3 is 2. The minimum Gasteiger partial charge on any atom is -0.493 e. The van der Waals surface area contributed by atoms with Crippen LogP contribution in [0.4, 0.5) is 5.13 Å². The second-order valence-corrected chi connectivity index (χ2v) is 8.26. The van der Waals surface area contributed by atoms with Crippen molar-refractivity contribution in [2.75, 3.05) is 32.9 Å². The average Bonchev–Trinajstić information content (AvgIpc) is 3.40. The Balaban J connectivity index is 1.29. The summed E-state index contributed by atoms with van der Waals surface area (Å²) in [5.41, 5.74) is 6.19. The molecule has 0 amide bonds. The van der Waals surface area contributed by atoms with Gasteiger partial charge in [-0.25, -0.2) is 9.78 Å². The highest BCUT2D eigenvalue weighted by molar-refractivity contribution is 7.14. The molecular weight excluding hydrogens is 478 g/mol. The van der Waals surface area contributed by atoms with Gasteiger partial charge in [0, 0.05) is 10.9 Å². The van der Waals surface area contributed by atoms with Gasteiger partial charge >= 0.3 is 5.97 Å². The SMILES string of the molecule is COC(=O)c1cccc(OCCOc2ccc(C=NNc3nc(-c4ccccc4)cs3)cc2OC)c1. The van der Waals surface area contributed by atoms with Crippen molar-refractivity contribution in [3.63, 3.8) is 0 Å². The number of carbonyl (C=O) groups excluding carboxylic acids is 1. The first-order valence-electron chi connectivity index (χ1n) is 11.1. The van der Waals surface area contributed by atoms with E-state index in [0.717, 1.165) is 16.8 Å². The van der Waals surface area contributed by atoms with Crippen LogP contribution in [-0.2, 0) is 4.74 Å². The van der Waals surface area contributed by atoms with Crippen molar-refractivity contribution in [1.82, 2.24) is 4.98 Å². The number of nitrogens with one attached hydrogen (secondary N) is 1. The molecule has 3 aromatic carbocycles. The molecule has 0 unspecified atom stereocenters. The van der Waals surface area contributed by atoms with Crippen molar-refractivity contribution in [2.24, 2.45) is 5.10 Å². The summed E-state index contributed by atoms with van der Waals surface area (Å²) in [6.45, 7) is 0.585. The van der Waals surface area contributed by atoms with E-state index in [9.17, 15) is 4.79 Å². The maximum absolute atomic E-state index is 11.6. The van der Waals surface area contributed by atoms with E-state index >= 15 is 0 Å². The van der Waals surface area contributed by atoms with Crippen molar-refractivity contribution < 1.29 is 23.7 Å². The van der Waals surface area contributed by atoms with Gasteiger partial charge in [0.25, 0.3) is 0 Å². The number of benzene rings is 3. The van der Waals surface area contributed by atoms with E-state index in [-0.39, 0.29) is 0 Å². The van der Waals surface area contributed by atoms with E-state index < -0.39 is 5.97 Å². The van der Waals surface area contributed by atoms with Gasteiger partial charge in [0.1, 0.15) is 19.0 Å². The summed E-state index contributed by atoms with van der Waals surface area (Å²) in [7, 11) is 2.92. The van der Waals surface area contributed by atoms with Gasteiger partial charge in [-0.3, -0.25) is 5.43 Å². The van der Waals surface area contributed by atoms with Gasteiger partial charge < -0.3 is 18.9 Å². The highest BCUT2D eigenvalue weighted by Crippen LogP contribution is 2.28. The molecule has 9 heteroatoms. The lowest BCUT2D eigenvalue weighted by Gasteiger charge is -2.12. The monoisotopic (exact) mass is 503 g/mol. The maximum Gasteiger partial charge on any atom is 0.337 e. The third-order valence-corrected chi connectivity index (χ3v) is 5.75. The molecule has 0 saturated heterocycles. The minimum absolute atomic E-state index is 0.291. The van der Waals surface area contributed by atoms with E-state index in [2.05, 4.69) is 15.5 Å². The third-order valence-electron chi connectivity index (χ3n) is 5.00. The summed E-state index contributed by atoms with van der Waals surface area (Å²) in [6, 6.07) is 22.3. The number of hydrogen-bond acceptors (Lipinski definition) is 9. The summed E-state index contributed by atoms with van der Waals surface area (Å²) >= 11 is 1.49. The predicted molar refractivity (Wildman–Crippen MR) is 141 cm³/mol. The summed E-state index contributed by atoms with van der Waals surface area (Å²) in [4.78, 5) is 16.2. The Kier molecular flexibility index (Phi) is 8.50. The van der Waals surface area contributed by atoms with Crippen molar-refractivity contribution in [3.05, 3.63) is 89.3 Å². The van der Waals surface area contributed by atoms with Crippen LogP contribution in [0.3, 0.4) is 0 Å². The second-order valence-electron chi connectivity index (χ2n) is 7.40. The Bertz CT molecular complexity index is 1320. The molecule has 0 aliphatic heterocycles. The standard InChI is InChI=1S/C27H25N3O5S/c1-32-25-15-19(17-28-30-27-29-23(18-36-27)20-7-4-3-5-8-20)11-12-24(25)35-14-13-34-22-10-6-9-21(16-22)26(31)33-2/h3-12,15-18H,13-14H2,1-2H3,(H,29,30). The van der Waals surface area contributed by atoms with Gasteiger partial charge in [-0.15, -0.1) is 11.3 Å². The first-order chi connectivity index (χ1) is 17.7. The van der Waals surface area contributed by atoms with Crippen LogP contribution >= 0.6 is 11.3 Å². The maximum atomic E-state index is 11.6. The first kappa shape index (κ1) is 24.7. The Morgan fingerprint density at radius 1 is 0.972 bits per heavy atom. The van der Waals surface area contributed by atoms with Crippen LogP contribution < -0.4 is 19.6 Å². The topological polar surface area (TPSA) is 91.3 Å². The fourth-order valence-electron chi connectivity index (χ4n) is 3.25. The van der Waals surface area contributed by atoms with Crippen molar-refractivity contribution in [2.45, 2.75) is 0 Å². The van der Waals surface area contributed by atoms with Gasteiger partial charge in [0.05, 0.1) is 31.7 Å². The number of ether oxygens (including phenoxy) is 4. The Hall–Kier alpha value is -4.37. The average molecular weight is 504 g/mol. The Morgan fingerprint density at radius 3 is 2.61 bits per heavy atom. The lowest BCUT2D eigenvalue weighted by molar-refractivity contribution is 0.0600. The number of hydrazone groups is 1. The number of nitrogens with zero attached hydrogens (tertiary/aromatic N) is 2. The zero-order valence-corrected chi connectivity index (χ0v) is 20.7. The summed E-state index contributed by atoms with van der Waals surface area (Å²) < 4.78 is 21.7. The summed E-state index contributed by atoms with van der Waals surface area (Å²) in [5.74, 6) is 1.31. The lowest BCUT2D eigenvalue weighted by Crippen LogP contribution is -2.10. The second kappa shape index (κ2) is 12.4. The molecule has 1 aromatic heterocycles. The molecule has 0 bridgehead atoms. The van der Waals surface area contributed by atoms with E-state index in [1.54, 1.807) is 37.6 Å². The largest absolute Gasteiger partial charge is 0.493 e. The summed E-state index contributed by atoms with van der Waals surface area (Å²) in [6.07, 6.45) is 1.69. The number of aromatic nitrogens is 1. The Morgan fingerprint density at radius 2 is 1.81 bits per heavy atom. The molecule has 0 fully saturated rings. The molecule has 0 radical (unpaired) electrons. The zero-order valence-electron chi connectivity index (χ0n) is 19.8. The molecule has 36 heavy (non-hydrogen) atoms. The molecular formula is C27H25N3O5S. The number of thiazole rings is 1. The van der Waals surface area contributed by atoms with Crippen LogP contribution in [0.15, 0.2) is 83.3 Å². The van der Waals surface area contributed by atoms with Crippen LogP contribution in [0.5, 0.6) is 17.2 Å². The lowest BCUT2D eigenvalue weighted by atomic mass is 10.2. The van der Waals surface area contributed by atoms with Crippen LogP contribution in [0.2, 0.25) is 0 Å². The number of anilines is 1. The molecule has 0 aliphatic rings. The van der Waals surface area contributed by atoms with E-state index in [1.165, 1.54) is 18.4 Å². The number of esters is 1. The molecule has 8 nitrogen and oxygen atoms in total. The number of carbonyl (C=O) groups is 1. The minimum atomic E-state index is -0.413. The smallest absolute Gasteiger partial charge is 0.337 e. The molecule has 4 aromatic rings. The zero-order chi connectivity index (χ0) is 25.2. The quantitative estimate of drug-likeness (QED) is 0.125. The van der Waals surface area contributed by atoms with Gasteiger partial charge in [-0.05, 0) is 42.0 Å². The van der Waals surface area contributed by atoms with Crippen molar-refractivity contribution >= 4 is 28.7 Å². The van der Waals surface area contributed by atoms with Gasteiger partial charge in [-0.1, -0.05) is 36.4 Å². The molecule has 0 spiro atoms. The first-order valence-corrected chi connectivity index (χ1v) is 12.0. The fourth-order valence-corrected chi connectivity index (χ4v) is 3.92.